The van der Waals surface area contributed by atoms with Crippen molar-refractivity contribution < 1.29 is 14.2 Å². The molecule has 0 bridgehead atoms. The van der Waals surface area contributed by atoms with Gasteiger partial charge in [0.25, 0.3) is 0 Å². The largest absolute Gasteiger partial charge is 0.390 e. The van der Waals surface area contributed by atoms with Gasteiger partial charge in [0.1, 0.15) is 5.82 Å². The first kappa shape index (κ1) is 13.6. The third kappa shape index (κ3) is 4.60. The molecular formula is C12H16BrFO2. The number of halogens is 2. The molecule has 1 atom stereocenters. The molecule has 0 saturated heterocycles. The number of aliphatic hydroxyl groups excluding tert-OH is 1. The standard InChI is InChI=1S/C12H16BrFO2/c1-8(2)16-7-10(15)5-9-3-4-12(14)11(13)6-9/h3-4,6,8,10,15H,5,7H2,1-2H3. The van der Waals surface area contributed by atoms with E-state index in [1.54, 1.807) is 12.1 Å². The molecule has 0 spiro atoms. The van der Waals surface area contributed by atoms with E-state index in [2.05, 4.69) is 15.9 Å². The first-order valence-electron chi connectivity index (χ1n) is 5.22. The maximum Gasteiger partial charge on any atom is 0.137 e. The third-order valence-corrected chi connectivity index (χ3v) is 2.68. The molecule has 0 fully saturated rings. The van der Waals surface area contributed by atoms with E-state index in [1.165, 1.54) is 6.07 Å². The molecule has 1 rings (SSSR count). The highest BCUT2D eigenvalue weighted by Gasteiger charge is 2.08. The molecule has 1 N–H and O–H groups in total. The van der Waals surface area contributed by atoms with Crippen LogP contribution in [0.15, 0.2) is 22.7 Å². The summed E-state index contributed by atoms with van der Waals surface area (Å²) in [6.45, 7) is 4.13. The van der Waals surface area contributed by atoms with Crippen molar-refractivity contribution in [1.29, 1.82) is 0 Å². The average molecular weight is 291 g/mol. The highest BCUT2D eigenvalue weighted by Crippen LogP contribution is 2.17. The van der Waals surface area contributed by atoms with Crippen LogP contribution in [-0.4, -0.2) is 23.9 Å². The number of ether oxygens (including phenoxy) is 1. The van der Waals surface area contributed by atoms with Gasteiger partial charge in [-0.3, -0.25) is 0 Å². The van der Waals surface area contributed by atoms with Crippen LogP contribution in [0, 0.1) is 5.82 Å². The minimum Gasteiger partial charge on any atom is -0.390 e. The van der Waals surface area contributed by atoms with E-state index in [0.717, 1.165) is 5.56 Å². The first-order valence-corrected chi connectivity index (χ1v) is 6.02. The third-order valence-electron chi connectivity index (χ3n) is 2.08. The molecular weight excluding hydrogens is 275 g/mol. The Bertz CT molecular complexity index is 342. The SMILES string of the molecule is CC(C)OCC(O)Cc1ccc(F)c(Br)c1. The molecule has 0 aliphatic carbocycles. The number of aliphatic hydroxyl groups is 1. The van der Waals surface area contributed by atoms with Crippen LogP contribution in [0.3, 0.4) is 0 Å². The summed E-state index contributed by atoms with van der Waals surface area (Å²) in [5.74, 6) is -0.295. The first-order chi connectivity index (χ1) is 7.49. The molecule has 2 nitrogen and oxygen atoms in total. The van der Waals surface area contributed by atoms with Crippen molar-refractivity contribution in [3.63, 3.8) is 0 Å². The van der Waals surface area contributed by atoms with Gasteiger partial charge >= 0.3 is 0 Å². The lowest BCUT2D eigenvalue weighted by Gasteiger charge is -2.13. The summed E-state index contributed by atoms with van der Waals surface area (Å²) in [5, 5.41) is 9.68. The molecule has 0 aliphatic heterocycles. The summed E-state index contributed by atoms with van der Waals surface area (Å²) < 4.78 is 18.7. The molecule has 1 aromatic carbocycles. The van der Waals surface area contributed by atoms with Crippen LogP contribution in [0.25, 0.3) is 0 Å². The molecule has 1 unspecified atom stereocenters. The van der Waals surface area contributed by atoms with E-state index < -0.39 is 6.10 Å². The number of hydrogen-bond acceptors (Lipinski definition) is 2. The van der Waals surface area contributed by atoms with E-state index in [4.69, 9.17) is 4.74 Å². The fourth-order valence-corrected chi connectivity index (χ4v) is 1.73. The van der Waals surface area contributed by atoms with Crippen LogP contribution in [0.4, 0.5) is 4.39 Å². The quantitative estimate of drug-likeness (QED) is 0.904. The van der Waals surface area contributed by atoms with Crippen LogP contribution in [0.5, 0.6) is 0 Å². The molecule has 90 valence electrons. The van der Waals surface area contributed by atoms with E-state index in [-0.39, 0.29) is 11.9 Å². The second-order valence-corrected chi connectivity index (χ2v) is 4.84. The predicted molar refractivity (Wildman–Crippen MR) is 64.9 cm³/mol. The normalized spacial score (nSPS) is 13.1. The van der Waals surface area contributed by atoms with Crippen LogP contribution in [0.2, 0.25) is 0 Å². The van der Waals surface area contributed by atoms with Crippen molar-refractivity contribution in [3.8, 4) is 0 Å². The summed E-state index contributed by atoms with van der Waals surface area (Å²) in [6.07, 6.45) is 0.0142. The smallest absolute Gasteiger partial charge is 0.137 e. The van der Waals surface area contributed by atoms with Crippen molar-refractivity contribution in [3.05, 3.63) is 34.1 Å². The highest BCUT2D eigenvalue weighted by molar-refractivity contribution is 9.10. The fraction of sp³-hybridized carbons (Fsp3) is 0.500. The molecule has 4 heteroatoms. The van der Waals surface area contributed by atoms with E-state index in [1.807, 2.05) is 13.8 Å². The zero-order valence-corrected chi connectivity index (χ0v) is 11.0. The summed E-state index contributed by atoms with van der Waals surface area (Å²) in [5.41, 5.74) is 0.883. The van der Waals surface area contributed by atoms with Crippen molar-refractivity contribution >= 4 is 15.9 Å². The zero-order valence-electron chi connectivity index (χ0n) is 9.41. The lowest BCUT2D eigenvalue weighted by atomic mass is 10.1. The van der Waals surface area contributed by atoms with Gasteiger partial charge in [-0.15, -0.1) is 0 Å². The van der Waals surface area contributed by atoms with Crippen molar-refractivity contribution in [2.45, 2.75) is 32.5 Å². The van der Waals surface area contributed by atoms with Crippen LogP contribution >= 0.6 is 15.9 Å². The van der Waals surface area contributed by atoms with Gasteiger partial charge in [0.2, 0.25) is 0 Å². The van der Waals surface area contributed by atoms with Gasteiger partial charge in [0.05, 0.1) is 23.3 Å². The molecule has 16 heavy (non-hydrogen) atoms. The Balaban J connectivity index is 2.49. The summed E-state index contributed by atoms with van der Waals surface area (Å²) >= 11 is 3.11. The molecule has 0 aromatic heterocycles. The summed E-state index contributed by atoms with van der Waals surface area (Å²) in [7, 11) is 0. The van der Waals surface area contributed by atoms with E-state index in [9.17, 15) is 9.50 Å². The second-order valence-electron chi connectivity index (χ2n) is 3.99. The minimum atomic E-state index is -0.556. The Morgan fingerprint density at radius 2 is 2.12 bits per heavy atom. The van der Waals surface area contributed by atoms with Gasteiger partial charge in [0.15, 0.2) is 0 Å². The lowest BCUT2D eigenvalue weighted by Crippen LogP contribution is -2.20. The lowest BCUT2D eigenvalue weighted by molar-refractivity contribution is 0.00620. The highest BCUT2D eigenvalue weighted by atomic mass is 79.9. The predicted octanol–water partition coefficient (Wildman–Crippen LogP) is 2.92. The van der Waals surface area contributed by atoms with Crippen molar-refractivity contribution in [2.75, 3.05) is 6.61 Å². The maximum atomic E-state index is 13.0. The topological polar surface area (TPSA) is 29.5 Å². The summed E-state index contributed by atoms with van der Waals surface area (Å²) in [4.78, 5) is 0. The molecule has 0 heterocycles. The van der Waals surface area contributed by atoms with Crippen molar-refractivity contribution in [1.82, 2.24) is 0 Å². The molecule has 0 amide bonds. The van der Waals surface area contributed by atoms with Gasteiger partial charge < -0.3 is 9.84 Å². The minimum absolute atomic E-state index is 0.106. The molecule has 0 radical (unpaired) electrons. The second kappa shape index (κ2) is 6.33. The Morgan fingerprint density at radius 1 is 1.44 bits per heavy atom. The van der Waals surface area contributed by atoms with Crippen molar-refractivity contribution in [2.24, 2.45) is 0 Å². The van der Waals surface area contributed by atoms with Gasteiger partial charge in [-0.25, -0.2) is 4.39 Å². The Morgan fingerprint density at radius 3 is 2.69 bits per heavy atom. The maximum absolute atomic E-state index is 13.0. The van der Waals surface area contributed by atoms with Gasteiger partial charge in [-0.1, -0.05) is 6.07 Å². The number of rotatable bonds is 5. The Labute approximate surface area is 104 Å². The van der Waals surface area contributed by atoms with Crippen LogP contribution in [0.1, 0.15) is 19.4 Å². The van der Waals surface area contributed by atoms with Crippen LogP contribution < -0.4 is 0 Å². The Hall–Kier alpha value is -0.450. The van der Waals surface area contributed by atoms with Crippen LogP contribution in [-0.2, 0) is 11.2 Å². The number of benzene rings is 1. The molecule has 0 aliphatic rings. The molecule has 0 saturated carbocycles. The zero-order chi connectivity index (χ0) is 12.1. The van der Waals surface area contributed by atoms with Gasteiger partial charge in [0, 0.05) is 6.42 Å². The summed E-state index contributed by atoms with van der Waals surface area (Å²) in [6, 6.07) is 4.72. The molecule has 1 aromatic rings. The van der Waals surface area contributed by atoms with E-state index >= 15 is 0 Å². The monoisotopic (exact) mass is 290 g/mol. The van der Waals surface area contributed by atoms with Gasteiger partial charge in [-0.2, -0.15) is 0 Å². The van der Waals surface area contributed by atoms with Gasteiger partial charge in [-0.05, 0) is 47.5 Å². The Kier molecular flexibility index (Phi) is 5.38. The number of hydrogen-bond donors (Lipinski definition) is 1. The fourth-order valence-electron chi connectivity index (χ4n) is 1.30. The average Bonchev–Trinajstić information content (AvgIpc) is 2.21. The van der Waals surface area contributed by atoms with E-state index in [0.29, 0.717) is 17.5 Å².